The molecule has 0 spiro atoms. The lowest BCUT2D eigenvalue weighted by Gasteiger charge is -2.33. The fourth-order valence-corrected chi connectivity index (χ4v) is 5.73. The van der Waals surface area contributed by atoms with E-state index in [1.165, 1.54) is 88.5 Å². The number of rotatable bonds is 10. The highest BCUT2D eigenvalue weighted by molar-refractivity contribution is 5.17. The van der Waals surface area contributed by atoms with Gasteiger partial charge in [-0.3, -0.25) is 4.90 Å². The topological polar surface area (TPSA) is 15.3 Å². The zero-order valence-electron chi connectivity index (χ0n) is 19.4. The Morgan fingerprint density at radius 3 is 1.61 bits per heavy atom. The number of hydrogen-bond donors (Lipinski definition) is 1. The minimum absolute atomic E-state index is 0.849. The molecule has 4 rings (SSSR count). The molecule has 0 aromatic heterocycles. The Morgan fingerprint density at radius 1 is 0.581 bits per heavy atom. The van der Waals surface area contributed by atoms with Crippen LogP contribution in [0.2, 0.25) is 0 Å². The van der Waals surface area contributed by atoms with Crippen molar-refractivity contribution in [3.63, 3.8) is 0 Å². The summed E-state index contributed by atoms with van der Waals surface area (Å²) in [6.45, 7) is 5.85. The molecule has 0 aliphatic heterocycles. The first-order valence-electron chi connectivity index (χ1n) is 12.9. The van der Waals surface area contributed by atoms with Gasteiger partial charge in [0.05, 0.1) is 0 Å². The first kappa shape index (κ1) is 22.6. The molecule has 2 aromatic rings. The highest BCUT2D eigenvalue weighted by atomic mass is 15.1. The third-order valence-corrected chi connectivity index (χ3v) is 7.57. The van der Waals surface area contributed by atoms with Crippen molar-refractivity contribution < 1.29 is 0 Å². The zero-order chi connectivity index (χ0) is 21.1. The molecule has 0 unspecified atom stereocenters. The van der Waals surface area contributed by atoms with Crippen LogP contribution in [0.3, 0.4) is 0 Å². The maximum Gasteiger partial charge on any atom is 0.0237 e. The lowest BCUT2D eigenvalue weighted by Crippen LogP contribution is -2.34. The van der Waals surface area contributed by atoms with Crippen molar-refractivity contribution >= 4 is 0 Å². The van der Waals surface area contributed by atoms with Crippen LogP contribution in [0, 0.1) is 17.8 Å². The number of nitrogens with zero attached hydrogens (tertiary/aromatic N) is 1. The summed E-state index contributed by atoms with van der Waals surface area (Å²) in [6.07, 6.45) is 12.9. The standard InChI is InChI=1S/C29H42N2/c1-4-10-25(11-5-1)20-30-21-26-16-18-29(19-17-26)24-31(22-27-12-6-2-7-13-27)23-28-14-8-3-9-15-28/h2-3,6-9,12-15,25-26,29-30H,1,4-5,10-11,16-24H2/t26-,29-. The van der Waals surface area contributed by atoms with Gasteiger partial charge in [-0.1, -0.05) is 79.9 Å². The summed E-state index contributed by atoms with van der Waals surface area (Å²) in [5, 5.41) is 3.84. The van der Waals surface area contributed by atoms with E-state index < -0.39 is 0 Å². The normalized spacial score (nSPS) is 22.6. The van der Waals surface area contributed by atoms with Crippen molar-refractivity contribution in [1.82, 2.24) is 10.2 Å². The molecule has 0 atom stereocenters. The fraction of sp³-hybridized carbons (Fsp3) is 0.586. The first-order valence-corrected chi connectivity index (χ1v) is 12.9. The molecule has 2 aliphatic rings. The van der Waals surface area contributed by atoms with E-state index in [0.29, 0.717) is 0 Å². The van der Waals surface area contributed by atoms with E-state index in [9.17, 15) is 0 Å². The molecule has 0 saturated heterocycles. The monoisotopic (exact) mass is 418 g/mol. The van der Waals surface area contributed by atoms with Crippen molar-refractivity contribution in [2.24, 2.45) is 17.8 Å². The second-order valence-electron chi connectivity index (χ2n) is 10.2. The van der Waals surface area contributed by atoms with Gasteiger partial charge in [0.1, 0.15) is 0 Å². The predicted molar refractivity (Wildman–Crippen MR) is 132 cm³/mol. The van der Waals surface area contributed by atoms with Gasteiger partial charge in [-0.2, -0.15) is 0 Å². The van der Waals surface area contributed by atoms with Crippen LogP contribution in [0.1, 0.15) is 68.9 Å². The summed E-state index contributed by atoms with van der Waals surface area (Å²) >= 11 is 0. The summed E-state index contributed by atoms with van der Waals surface area (Å²) in [7, 11) is 0. The number of benzene rings is 2. The largest absolute Gasteiger partial charge is 0.316 e. The van der Waals surface area contributed by atoms with Crippen molar-refractivity contribution in [1.29, 1.82) is 0 Å². The van der Waals surface area contributed by atoms with E-state index in [1.54, 1.807) is 0 Å². The maximum atomic E-state index is 3.84. The molecule has 0 amide bonds. The Labute approximate surface area is 190 Å². The molecule has 1 N–H and O–H groups in total. The summed E-state index contributed by atoms with van der Waals surface area (Å²) in [5.74, 6) is 2.70. The van der Waals surface area contributed by atoms with Gasteiger partial charge in [-0.25, -0.2) is 0 Å². The average molecular weight is 419 g/mol. The van der Waals surface area contributed by atoms with E-state index in [-0.39, 0.29) is 0 Å². The molecule has 168 valence electrons. The molecule has 0 bridgehead atoms. The average Bonchev–Trinajstić information content (AvgIpc) is 2.82. The van der Waals surface area contributed by atoms with E-state index in [4.69, 9.17) is 0 Å². The predicted octanol–water partition coefficient (Wildman–Crippen LogP) is 6.67. The molecule has 0 heterocycles. The molecule has 2 saturated carbocycles. The van der Waals surface area contributed by atoms with Crippen molar-refractivity contribution in [3.8, 4) is 0 Å². The Morgan fingerprint density at radius 2 is 1.06 bits per heavy atom. The molecule has 2 aromatic carbocycles. The SMILES string of the molecule is c1ccc(CN(Cc2ccccc2)C[C@H]2CC[C@H](CNCC3CCCCC3)CC2)cc1. The highest BCUT2D eigenvalue weighted by Crippen LogP contribution is 2.30. The minimum Gasteiger partial charge on any atom is -0.316 e. The number of hydrogen-bond acceptors (Lipinski definition) is 2. The molecular weight excluding hydrogens is 376 g/mol. The maximum absolute atomic E-state index is 3.84. The minimum atomic E-state index is 0.849. The number of nitrogens with one attached hydrogen (secondary N) is 1. The van der Waals surface area contributed by atoms with Crippen LogP contribution in [0.5, 0.6) is 0 Å². The molecule has 2 fully saturated rings. The highest BCUT2D eigenvalue weighted by Gasteiger charge is 2.23. The Balaban J connectivity index is 1.22. The van der Waals surface area contributed by atoms with E-state index in [1.807, 2.05) is 0 Å². The molecule has 31 heavy (non-hydrogen) atoms. The van der Waals surface area contributed by atoms with E-state index >= 15 is 0 Å². The van der Waals surface area contributed by atoms with Crippen LogP contribution in [0.25, 0.3) is 0 Å². The summed E-state index contributed by atoms with van der Waals surface area (Å²) in [5.41, 5.74) is 2.86. The lowest BCUT2D eigenvalue weighted by atomic mass is 9.81. The Hall–Kier alpha value is -1.64. The van der Waals surface area contributed by atoms with Gasteiger partial charge in [-0.05, 0) is 80.5 Å². The molecule has 2 aliphatic carbocycles. The zero-order valence-corrected chi connectivity index (χ0v) is 19.4. The fourth-order valence-electron chi connectivity index (χ4n) is 5.73. The second-order valence-corrected chi connectivity index (χ2v) is 10.2. The van der Waals surface area contributed by atoms with Crippen LogP contribution in [-0.2, 0) is 13.1 Å². The summed E-state index contributed by atoms with van der Waals surface area (Å²) in [4.78, 5) is 2.68. The van der Waals surface area contributed by atoms with Crippen molar-refractivity contribution in [3.05, 3.63) is 71.8 Å². The van der Waals surface area contributed by atoms with Crippen molar-refractivity contribution in [2.75, 3.05) is 19.6 Å². The Kier molecular flexibility index (Phi) is 9.03. The van der Waals surface area contributed by atoms with Crippen molar-refractivity contribution in [2.45, 2.75) is 70.9 Å². The first-order chi connectivity index (χ1) is 15.3. The van der Waals surface area contributed by atoms with Crippen LogP contribution in [0.15, 0.2) is 60.7 Å². The molecule has 0 radical (unpaired) electrons. The van der Waals surface area contributed by atoms with Gasteiger partial charge in [0.25, 0.3) is 0 Å². The molecular formula is C29H42N2. The quantitative estimate of drug-likeness (QED) is 0.464. The molecule has 2 heteroatoms. The van der Waals surface area contributed by atoms with Crippen LogP contribution >= 0.6 is 0 Å². The van der Waals surface area contributed by atoms with E-state index in [0.717, 1.165) is 30.8 Å². The Bertz CT molecular complexity index is 673. The smallest absolute Gasteiger partial charge is 0.0237 e. The van der Waals surface area contributed by atoms with Gasteiger partial charge in [0, 0.05) is 19.6 Å². The van der Waals surface area contributed by atoms with E-state index in [2.05, 4.69) is 70.9 Å². The van der Waals surface area contributed by atoms with Gasteiger partial charge in [0.15, 0.2) is 0 Å². The van der Waals surface area contributed by atoms with Gasteiger partial charge >= 0.3 is 0 Å². The van der Waals surface area contributed by atoms with Gasteiger partial charge in [-0.15, -0.1) is 0 Å². The summed E-state index contributed by atoms with van der Waals surface area (Å²) < 4.78 is 0. The second kappa shape index (κ2) is 12.4. The summed E-state index contributed by atoms with van der Waals surface area (Å²) in [6, 6.07) is 22.0. The van der Waals surface area contributed by atoms with Crippen LogP contribution < -0.4 is 5.32 Å². The third-order valence-electron chi connectivity index (χ3n) is 7.57. The van der Waals surface area contributed by atoms with Gasteiger partial charge in [0.2, 0.25) is 0 Å². The van der Waals surface area contributed by atoms with Crippen LogP contribution in [-0.4, -0.2) is 24.5 Å². The molecule has 2 nitrogen and oxygen atoms in total. The lowest BCUT2D eigenvalue weighted by molar-refractivity contribution is 0.166. The third kappa shape index (κ3) is 7.77. The van der Waals surface area contributed by atoms with Gasteiger partial charge < -0.3 is 5.32 Å². The van der Waals surface area contributed by atoms with Crippen LogP contribution in [0.4, 0.5) is 0 Å².